The lowest BCUT2D eigenvalue weighted by atomic mass is 10.0. The van der Waals surface area contributed by atoms with Crippen molar-refractivity contribution >= 4 is 0 Å². The van der Waals surface area contributed by atoms with Crippen LogP contribution in [0.25, 0.3) is 0 Å². The third-order valence-corrected chi connectivity index (χ3v) is 10.6. The first kappa shape index (κ1) is 46.5. The third-order valence-electron chi connectivity index (χ3n) is 10.6. The normalized spacial score (nSPS) is 12.0. The van der Waals surface area contributed by atoms with Gasteiger partial charge in [0.15, 0.2) is 0 Å². The van der Waals surface area contributed by atoms with Crippen molar-refractivity contribution in [2.75, 3.05) is 0 Å². The average molecular weight is 657 g/mol. The predicted molar refractivity (Wildman–Crippen MR) is 219 cm³/mol. The third kappa shape index (κ3) is 45.5. The van der Waals surface area contributed by atoms with Crippen molar-refractivity contribution < 1.29 is 0 Å². The maximum Gasteiger partial charge on any atom is -0.0169 e. The average Bonchev–Trinajstić information content (AvgIpc) is 3.08. The molecule has 0 saturated carbocycles. The van der Waals surface area contributed by atoms with Gasteiger partial charge in [-0.1, -0.05) is 269 Å². The molecule has 0 radical (unpaired) electrons. The van der Waals surface area contributed by atoms with E-state index in [0.29, 0.717) is 0 Å². The lowest BCUT2D eigenvalue weighted by molar-refractivity contribution is 0.523. The maximum atomic E-state index is 2.43. The first-order chi connectivity index (χ1) is 23.4. The number of hydrogen-bond acceptors (Lipinski definition) is 0. The van der Waals surface area contributed by atoms with Crippen LogP contribution in [0.4, 0.5) is 0 Å². The Bertz CT molecular complexity index is 521. The molecule has 0 nitrogen and oxygen atoms in total. The quantitative estimate of drug-likeness (QED) is 0.0453. The lowest BCUT2D eigenvalue weighted by Crippen LogP contribution is -1.84. The molecule has 0 spiro atoms. The summed E-state index contributed by atoms with van der Waals surface area (Å²) in [5, 5.41) is 0. The van der Waals surface area contributed by atoms with Crippen LogP contribution >= 0.6 is 0 Å². The molecule has 0 amide bonds. The van der Waals surface area contributed by atoms with E-state index in [1.807, 2.05) is 0 Å². The van der Waals surface area contributed by atoms with Crippen molar-refractivity contribution in [2.24, 2.45) is 0 Å². The molecule has 47 heavy (non-hydrogen) atoms. The predicted octanol–water partition coefficient (Wildman–Crippen LogP) is 18.1. The molecule has 0 heterocycles. The summed E-state index contributed by atoms with van der Waals surface area (Å²) in [5.74, 6) is 0. The largest absolute Gasteiger partial charge is 0.0882 e. The van der Waals surface area contributed by atoms with Crippen molar-refractivity contribution in [1.29, 1.82) is 0 Å². The van der Waals surface area contributed by atoms with Crippen molar-refractivity contribution in [3.05, 3.63) is 24.3 Å². The Morgan fingerprint density at radius 2 is 0.362 bits per heavy atom. The van der Waals surface area contributed by atoms with Gasteiger partial charge in [-0.15, -0.1) is 0 Å². The van der Waals surface area contributed by atoms with Gasteiger partial charge in [0.05, 0.1) is 0 Å². The first-order valence-electron chi connectivity index (χ1n) is 22.7. The second-order valence-corrected chi connectivity index (χ2v) is 15.5. The molecule has 0 atom stereocenters. The van der Waals surface area contributed by atoms with Crippen LogP contribution in [0.1, 0.15) is 277 Å². The topological polar surface area (TPSA) is 0 Å². The van der Waals surface area contributed by atoms with Crippen LogP contribution in [0.3, 0.4) is 0 Å². The number of unbranched alkanes of at least 4 members (excludes halogenated alkanes) is 38. The van der Waals surface area contributed by atoms with Crippen LogP contribution in [0.5, 0.6) is 0 Å². The standard InChI is InChI=1S/C47H92/c1-3-5-7-9-11-13-15-17-19-21-23-25-27-29-31-33-35-37-39-41-43-45-47-46-44-42-40-38-36-34-32-30-28-26-24-22-20-18-16-14-12-10-8-6-4-2/h43-46H,3-42,47H2,1-2H3. The second kappa shape index (κ2) is 45.5. The molecule has 0 N–H and O–H groups in total. The van der Waals surface area contributed by atoms with Crippen LogP contribution in [0, 0.1) is 0 Å². The van der Waals surface area contributed by atoms with Gasteiger partial charge in [0.25, 0.3) is 0 Å². The number of rotatable bonds is 42. The van der Waals surface area contributed by atoms with E-state index in [0.717, 1.165) is 6.42 Å². The van der Waals surface area contributed by atoms with Gasteiger partial charge < -0.3 is 0 Å². The molecule has 0 rings (SSSR count). The molecule has 0 aromatic rings. The molecule has 0 aromatic heterocycles. The molecular formula is C47H92. The summed E-state index contributed by atoms with van der Waals surface area (Å²) in [6.07, 6.45) is 68.9. The highest BCUT2D eigenvalue weighted by atomic mass is 14.0. The molecule has 0 aliphatic carbocycles. The van der Waals surface area contributed by atoms with Crippen LogP contribution in [0.15, 0.2) is 24.3 Å². The Hall–Kier alpha value is -0.520. The van der Waals surface area contributed by atoms with Gasteiger partial charge in [-0.05, 0) is 32.1 Å². The van der Waals surface area contributed by atoms with Crippen LogP contribution in [-0.4, -0.2) is 0 Å². The summed E-state index contributed by atoms with van der Waals surface area (Å²) in [4.78, 5) is 0. The van der Waals surface area contributed by atoms with Crippen molar-refractivity contribution in [3.63, 3.8) is 0 Å². The second-order valence-electron chi connectivity index (χ2n) is 15.5. The molecule has 0 bridgehead atoms. The van der Waals surface area contributed by atoms with E-state index in [-0.39, 0.29) is 0 Å². The molecule has 0 fully saturated rings. The van der Waals surface area contributed by atoms with Crippen molar-refractivity contribution in [3.8, 4) is 0 Å². The van der Waals surface area contributed by atoms with Gasteiger partial charge in [0.1, 0.15) is 0 Å². The molecule has 0 heteroatoms. The highest BCUT2D eigenvalue weighted by Crippen LogP contribution is 2.17. The zero-order valence-corrected chi connectivity index (χ0v) is 33.3. The smallest absolute Gasteiger partial charge is 0.0169 e. The zero-order chi connectivity index (χ0) is 33.8. The number of hydrogen-bond donors (Lipinski definition) is 0. The highest BCUT2D eigenvalue weighted by Gasteiger charge is 1.97. The Balaban J connectivity index is 3.14. The summed E-state index contributed by atoms with van der Waals surface area (Å²) in [7, 11) is 0. The van der Waals surface area contributed by atoms with Gasteiger partial charge in [0.2, 0.25) is 0 Å². The van der Waals surface area contributed by atoms with Gasteiger partial charge in [0, 0.05) is 0 Å². The molecule has 0 aromatic carbocycles. The first-order valence-corrected chi connectivity index (χ1v) is 22.7. The summed E-state index contributed by atoms with van der Waals surface area (Å²) < 4.78 is 0. The minimum absolute atomic E-state index is 1.14. The molecule has 0 aliphatic heterocycles. The van der Waals surface area contributed by atoms with Gasteiger partial charge in [-0.25, -0.2) is 0 Å². The molecule has 0 saturated heterocycles. The van der Waals surface area contributed by atoms with Crippen LogP contribution in [-0.2, 0) is 0 Å². The molecular weight excluding hydrogens is 565 g/mol. The van der Waals surface area contributed by atoms with E-state index in [4.69, 9.17) is 0 Å². The minimum atomic E-state index is 1.14. The highest BCUT2D eigenvalue weighted by molar-refractivity contribution is 4.92. The fourth-order valence-corrected chi connectivity index (χ4v) is 7.19. The maximum absolute atomic E-state index is 2.43. The molecule has 0 unspecified atom stereocenters. The van der Waals surface area contributed by atoms with Gasteiger partial charge in [-0.2, -0.15) is 0 Å². The SMILES string of the molecule is CCCCCCCCCCCCCCCCCCCCCC=CCC=CCCCCCCCCCCCCCCCCCCCCC. The van der Waals surface area contributed by atoms with E-state index in [2.05, 4.69) is 38.2 Å². The Morgan fingerprint density at radius 3 is 0.553 bits per heavy atom. The van der Waals surface area contributed by atoms with E-state index in [1.165, 1.54) is 257 Å². The number of allylic oxidation sites excluding steroid dienone is 4. The molecule has 0 aliphatic rings. The zero-order valence-electron chi connectivity index (χ0n) is 33.3. The van der Waals surface area contributed by atoms with E-state index in [1.54, 1.807) is 0 Å². The van der Waals surface area contributed by atoms with Gasteiger partial charge in [-0.3, -0.25) is 0 Å². The molecule has 280 valence electrons. The van der Waals surface area contributed by atoms with Crippen LogP contribution in [0.2, 0.25) is 0 Å². The fraction of sp³-hybridized carbons (Fsp3) is 0.915. The van der Waals surface area contributed by atoms with Crippen molar-refractivity contribution in [2.45, 2.75) is 277 Å². The summed E-state index contributed by atoms with van der Waals surface area (Å²) in [5.41, 5.74) is 0. The summed E-state index contributed by atoms with van der Waals surface area (Å²) >= 11 is 0. The summed E-state index contributed by atoms with van der Waals surface area (Å²) in [6, 6.07) is 0. The Kier molecular flexibility index (Phi) is 45.0. The summed E-state index contributed by atoms with van der Waals surface area (Å²) in [6.45, 7) is 4.62. The lowest BCUT2D eigenvalue weighted by Gasteiger charge is -2.04. The van der Waals surface area contributed by atoms with Crippen molar-refractivity contribution in [1.82, 2.24) is 0 Å². The fourth-order valence-electron chi connectivity index (χ4n) is 7.19. The van der Waals surface area contributed by atoms with E-state index in [9.17, 15) is 0 Å². The van der Waals surface area contributed by atoms with E-state index < -0.39 is 0 Å². The van der Waals surface area contributed by atoms with Gasteiger partial charge >= 0.3 is 0 Å². The Labute approximate surface area is 300 Å². The van der Waals surface area contributed by atoms with E-state index >= 15 is 0 Å². The Morgan fingerprint density at radius 1 is 0.191 bits per heavy atom. The van der Waals surface area contributed by atoms with Crippen LogP contribution < -0.4 is 0 Å². The minimum Gasteiger partial charge on any atom is -0.0882 e. The monoisotopic (exact) mass is 657 g/mol.